The quantitative estimate of drug-likeness (QED) is 0.852. The Balaban J connectivity index is 1.98. The third-order valence-corrected chi connectivity index (χ3v) is 3.37. The molecule has 1 unspecified atom stereocenters. The summed E-state index contributed by atoms with van der Waals surface area (Å²) in [4.78, 5) is 11.8. The molecule has 2 aromatic rings. The van der Waals surface area contributed by atoms with Crippen molar-refractivity contribution in [1.82, 2.24) is 5.32 Å². The van der Waals surface area contributed by atoms with Gasteiger partial charge in [0.2, 0.25) is 0 Å². The van der Waals surface area contributed by atoms with Crippen LogP contribution in [-0.4, -0.2) is 6.03 Å². The van der Waals surface area contributed by atoms with Gasteiger partial charge in [-0.3, -0.25) is 0 Å². The Morgan fingerprint density at radius 3 is 2.45 bits per heavy atom. The molecule has 0 saturated carbocycles. The molecule has 0 aromatic heterocycles. The fourth-order valence-electron chi connectivity index (χ4n) is 1.75. The molecule has 0 heterocycles. The lowest BCUT2D eigenvalue weighted by Crippen LogP contribution is -2.31. The minimum Gasteiger partial charge on any atom is -0.331 e. The summed E-state index contributed by atoms with van der Waals surface area (Å²) in [6, 6.07) is 13.1. The number of para-hydroxylation sites is 1. The number of anilines is 1. The van der Waals surface area contributed by atoms with Gasteiger partial charge in [-0.2, -0.15) is 0 Å². The highest BCUT2D eigenvalue weighted by Gasteiger charge is 2.10. The molecule has 0 saturated heterocycles. The molecule has 0 aliphatic heterocycles. The highest BCUT2D eigenvalue weighted by Crippen LogP contribution is 2.17. The van der Waals surface area contributed by atoms with E-state index >= 15 is 0 Å². The van der Waals surface area contributed by atoms with Gasteiger partial charge in [0.1, 0.15) is 5.82 Å². The number of nitrogens with one attached hydrogen (secondary N) is 2. The average molecular weight is 337 g/mol. The fraction of sp³-hybridized carbons (Fsp3) is 0.133. The molecule has 2 amide bonds. The molecule has 0 aliphatic rings. The van der Waals surface area contributed by atoms with Crippen LogP contribution in [0.4, 0.5) is 14.9 Å². The Morgan fingerprint density at radius 1 is 1.15 bits per heavy atom. The zero-order valence-electron chi connectivity index (χ0n) is 10.9. The van der Waals surface area contributed by atoms with Crippen molar-refractivity contribution < 1.29 is 9.18 Å². The largest absolute Gasteiger partial charge is 0.331 e. The predicted octanol–water partition coefficient (Wildman–Crippen LogP) is 4.47. The number of carbonyl (C=O) groups excluding carboxylic acids is 1. The van der Waals surface area contributed by atoms with Crippen LogP contribution in [0.15, 0.2) is 53.0 Å². The maximum absolute atomic E-state index is 13.4. The Labute approximate surface area is 125 Å². The molecule has 0 radical (unpaired) electrons. The van der Waals surface area contributed by atoms with Gasteiger partial charge in [-0.05, 0) is 36.8 Å². The third kappa shape index (κ3) is 3.81. The summed E-state index contributed by atoms with van der Waals surface area (Å²) in [6.07, 6.45) is 0. The number of carbonyl (C=O) groups is 1. The van der Waals surface area contributed by atoms with Gasteiger partial charge in [0, 0.05) is 4.47 Å². The van der Waals surface area contributed by atoms with E-state index in [1.54, 1.807) is 12.1 Å². The SMILES string of the molecule is CC(NC(=O)Nc1ccccc1F)c1ccc(Br)cc1. The number of benzene rings is 2. The molecular formula is C15H14BrFN2O. The lowest BCUT2D eigenvalue weighted by Gasteiger charge is -2.15. The highest BCUT2D eigenvalue weighted by atomic mass is 79.9. The van der Waals surface area contributed by atoms with E-state index in [2.05, 4.69) is 26.6 Å². The maximum Gasteiger partial charge on any atom is 0.319 e. The van der Waals surface area contributed by atoms with E-state index < -0.39 is 11.8 Å². The topological polar surface area (TPSA) is 41.1 Å². The fourth-order valence-corrected chi connectivity index (χ4v) is 2.02. The molecule has 0 aliphatic carbocycles. The minimum atomic E-state index is -0.459. The van der Waals surface area contributed by atoms with E-state index in [4.69, 9.17) is 0 Å². The van der Waals surface area contributed by atoms with Crippen LogP contribution in [0.25, 0.3) is 0 Å². The maximum atomic E-state index is 13.4. The minimum absolute atomic E-state index is 0.160. The first kappa shape index (κ1) is 14.5. The molecule has 2 aromatic carbocycles. The summed E-state index contributed by atoms with van der Waals surface area (Å²) in [6.45, 7) is 1.87. The summed E-state index contributed by atoms with van der Waals surface area (Å²) >= 11 is 3.36. The van der Waals surface area contributed by atoms with Crippen molar-refractivity contribution >= 4 is 27.6 Å². The first-order valence-electron chi connectivity index (χ1n) is 6.14. The van der Waals surface area contributed by atoms with Crippen LogP contribution in [0.1, 0.15) is 18.5 Å². The standard InChI is InChI=1S/C15H14BrFN2O/c1-10(11-6-8-12(16)9-7-11)18-15(20)19-14-5-3-2-4-13(14)17/h2-10H,1H3,(H2,18,19,20). The van der Waals surface area contributed by atoms with Gasteiger partial charge in [-0.1, -0.05) is 40.2 Å². The van der Waals surface area contributed by atoms with Gasteiger partial charge >= 0.3 is 6.03 Å². The van der Waals surface area contributed by atoms with Crippen LogP contribution in [0.2, 0.25) is 0 Å². The van der Waals surface area contributed by atoms with Crippen LogP contribution in [0.5, 0.6) is 0 Å². The lowest BCUT2D eigenvalue weighted by molar-refractivity contribution is 0.249. The molecule has 2 rings (SSSR count). The van der Waals surface area contributed by atoms with Crippen molar-refractivity contribution in [3.8, 4) is 0 Å². The second-order valence-electron chi connectivity index (χ2n) is 4.35. The molecule has 20 heavy (non-hydrogen) atoms. The second-order valence-corrected chi connectivity index (χ2v) is 5.27. The van der Waals surface area contributed by atoms with Crippen molar-refractivity contribution in [3.63, 3.8) is 0 Å². The second kappa shape index (κ2) is 6.52. The van der Waals surface area contributed by atoms with Crippen molar-refractivity contribution in [3.05, 3.63) is 64.4 Å². The molecule has 0 fully saturated rings. The third-order valence-electron chi connectivity index (χ3n) is 2.84. The number of amides is 2. The monoisotopic (exact) mass is 336 g/mol. The average Bonchev–Trinajstić information content (AvgIpc) is 2.42. The molecule has 5 heteroatoms. The first-order chi connectivity index (χ1) is 9.56. The van der Waals surface area contributed by atoms with E-state index in [1.807, 2.05) is 31.2 Å². The highest BCUT2D eigenvalue weighted by molar-refractivity contribution is 9.10. The van der Waals surface area contributed by atoms with Gasteiger partial charge in [-0.15, -0.1) is 0 Å². The first-order valence-corrected chi connectivity index (χ1v) is 6.93. The zero-order chi connectivity index (χ0) is 14.5. The molecule has 1 atom stereocenters. The van der Waals surface area contributed by atoms with Gasteiger partial charge in [0.25, 0.3) is 0 Å². The molecule has 0 bridgehead atoms. The number of urea groups is 1. The van der Waals surface area contributed by atoms with E-state index in [9.17, 15) is 9.18 Å². The molecule has 104 valence electrons. The summed E-state index contributed by atoms with van der Waals surface area (Å²) in [7, 11) is 0. The number of hydrogen-bond acceptors (Lipinski definition) is 1. The lowest BCUT2D eigenvalue weighted by atomic mass is 10.1. The summed E-state index contributed by atoms with van der Waals surface area (Å²) in [5, 5.41) is 5.25. The molecule has 2 N–H and O–H groups in total. The zero-order valence-corrected chi connectivity index (χ0v) is 12.4. The van der Waals surface area contributed by atoms with Crippen LogP contribution in [0, 0.1) is 5.82 Å². The van der Waals surface area contributed by atoms with Gasteiger partial charge in [0.15, 0.2) is 0 Å². The molecule has 0 spiro atoms. The van der Waals surface area contributed by atoms with Crippen LogP contribution in [0.3, 0.4) is 0 Å². The van der Waals surface area contributed by atoms with E-state index in [-0.39, 0.29) is 11.7 Å². The summed E-state index contributed by atoms with van der Waals surface area (Å²) < 4.78 is 14.4. The summed E-state index contributed by atoms with van der Waals surface area (Å²) in [5.41, 5.74) is 1.13. The molecule has 3 nitrogen and oxygen atoms in total. The van der Waals surface area contributed by atoms with Gasteiger partial charge in [-0.25, -0.2) is 9.18 Å². The van der Waals surface area contributed by atoms with Crippen molar-refractivity contribution in [2.75, 3.05) is 5.32 Å². The Kier molecular flexibility index (Phi) is 4.74. The Morgan fingerprint density at radius 2 is 1.80 bits per heavy atom. The predicted molar refractivity (Wildman–Crippen MR) is 81.1 cm³/mol. The number of hydrogen-bond donors (Lipinski definition) is 2. The Bertz CT molecular complexity index is 601. The molecular weight excluding hydrogens is 323 g/mol. The number of rotatable bonds is 3. The van der Waals surface area contributed by atoms with E-state index in [0.717, 1.165) is 10.0 Å². The van der Waals surface area contributed by atoms with Crippen molar-refractivity contribution in [1.29, 1.82) is 0 Å². The van der Waals surface area contributed by atoms with Gasteiger partial charge in [0.05, 0.1) is 11.7 Å². The summed E-state index contributed by atoms with van der Waals surface area (Å²) in [5.74, 6) is -0.459. The normalized spacial score (nSPS) is 11.8. The van der Waals surface area contributed by atoms with Crippen LogP contribution in [-0.2, 0) is 0 Å². The van der Waals surface area contributed by atoms with E-state index in [0.29, 0.717) is 0 Å². The Hall–Kier alpha value is -1.88. The van der Waals surface area contributed by atoms with Crippen LogP contribution < -0.4 is 10.6 Å². The number of halogens is 2. The van der Waals surface area contributed by atoms with Crippen molar-refractivity contribution in [2.45, 2.75) is 13.0 Å². The van der Waals surface area contributed by atoms with Crippen LogP contribution >= 0.6 is 15.9 Å². The van der Waals surface area contributed by atoms with E-state index in [1.165, 1.54) is 12.1 Å². The van der Waals surface area contributed by atoms with Crippen molar-refractivity contribution in [2.24, 2.45) is 0 Å². The smallest absolute Gasteiger partial charge is 0.319 e. The van der Waals surface area contributed by atoms with Gasteiger partial charge < -0.3 is 10.6 Å².